The Morgan fingerprint density at radius 2 is 2.02 bits per heavy atom. The summed E-state index contributed by atoms with van der Waals surface area (Å²) in [5, 5.41) is 14.7. The molecule has 0 bridgehead atoms. The number of ether oxygens (including phenoxy) is 2. The molecule has 2 fully saturated rings. The van der Waals surface area contributed by atoms with Gasteiger partial charge in [0.15, 0.2) is 5.82 Å². The number of nitrogens with two attached hydrogens (primary N) is 1. The first kappa shape index (κ1) is 35.2. The second-order valence-corrected chi connectivity index (χ2v) is 12.8. The number of hydrogen-bond acceptors (Lipinski definition) is 9. The van der Waals surface area contributed by atoms with Gasteiger partial charge in [-0.3, -0.25) is 9.88 Å². The molecular formula is C37H46F2N6O3. The normalized spacial score (nSPS) is 19.9. The van der Waals surface area contributed by atoms with E-state index in [9.17, 15) is 9.50 Å². The predicted octanol–water partition coefficient (Wildman–Crippen LogP) is 6.59. The number of nitrogens with one attached hydrogen (secondary N) is 1. The topological polar surface area (TPSA) is 119 Å². The maximum Gasteiger partial charge on any atom is 0.319 e. The SMILES string of the molecule is C#Cc1c(F)ccc2cc(O)cc(-c3ncc4c(N)nc(OCC5(CCC)CCCN5C)nc4c3F)c12.COCCC1CCCCCN1. The lowest BCUT2D eigenvalue weighted by Gasteiger charge is -2.35. The van der Waals surface area contributed by atoms with Crippen LogP contribution in [0.2, 0.25) is 0 Å². The van der Waals surface area contributed by atoms with Gasteiger partial charge in [-0.15, -0.1) is 6.42 Å². The number of aromatic nitrogens is 3. The van der Waals surface area contributed by atoms with E-state index in [2.05, 4.69) is 45.1 Å². The number of benzene rings is 2. The number of aromatic hydroxyl groups is 1. The minimum atomic E-state index is -0.808. The lowest BCUT2D eigenvalue weighted by atomic mass is 9.92. The van der Waals surface area contributed by atoms with Crippen molar-refractivity contribution < 1.29 is 23.4 Å². The van der Waals surface area contributed by atoms with Crippen LogP contribution in [0.1, 0.15) is 70.3 Å². The van der Waals surface area contributed by atoms with E-state index in [0.717, 1.165) is 44.9 Å². The smallest absolute Gasteiger partial charge is 0.319 e. The minimum absolute atomic E-state index is 0.0263. The Morgan fingerprint density at radius 1 is 1.19 bits per heavy atom. The van der Waals surface area contributed by atoms with E-state index in [0.29, 0.717) is 12.0 Å². The van der Waals surface area contributed by atoms with Crippen molar-refractivity contribution >= 4 is 27.5 Å². The van der Waals surface area contributed by atoms with Crippen molar-refractivity contribution in [3.05, 3.63) is 47.7 Å². The van der Waals surface area contributed by atoms with Crippen LogP contribution in [0.5, 0.6) is 11.8 Å². The molecule has 2 saturated heterocycles. The number of likely N-dealkylation sites (tertiary alicyclic amines) is 1. The molecule has 4 aromatic rings. The Labute approximate surface area is 281 Å². The quantitative estimate of drug-likeness (QED) is 0.171. The van der Waals surface area contributed by atoms with E-state index < -0.39 is 11.6 Å². The maximum atomic E-state index is 16.0. The number of methoxy groups -OCH3 is 1. The number of halogens is 2. The molecule has 2 unspecified atom stereocenters. The van der Waals surface area contributed by atoms with Crippen LogP contribution in [0.4, 0.5) is 14.6 Å². The Hall–Kier alpha value is -4.11. The average Bonchev–Trinajstić information content (AvgIpc) is 3.25. The maximum absolute atomic E-state index is 16.0. The van der Waals surface area contributed by atoms with Crippen molar-refractivity contribution in [2.75, 3.05) is 46.2 Å². The molecule has 2 aliphatic heterocycles. The van der Waals surface area contributed by atoms with E-state index in [4.69, 9.17) is 21.6 Å². The first-order valence-electron chi connectivity index (χ1n) is 16.8. The number of phenols is 1. The predicted molar refractivity (Wildman–Crippen MR) is 186 cm³/mol. The number of rotatable bonds is 9. The third-order valence-corrected chi connectivity index (χ3v) is 9.61. The summed E-state index contributed by atoms with van der Waals surface area (Å²) in [6, 6.07) is 6.08. The van der Waals surface area contributed by atoms with Gasteiger partial charge >= 0.3 is 6.01 Å². The summed E-state index contributed by atoms with van der Waals surface area (Å²) < 4.78 is 41.6. The number of nitrogen functional groups attached to an aromatic ring is 1. The molecule has 0 spiro atoms. The van der Waals surface area contributed by atoms with Gasteiger partial charge in [-0.2, -0.15) is 9.97 Å². The lowest BCUT2D eigenvalue weighted by Crippen LogP contribution is -2.46. The standard InChI is InChI=1S/C28H27F2N5O2.C9H19NO/c1-4-9-28(10-6-11-35(28)3)15-37-27-33-25-20(26(31)34-27)14-32-24(23(25)30)19-13-17(36)12-16-7-8-21(29)18(5-2)22(16)19;1-11-8-6-9-5-3-2-4-7-10-9/h2,7-8,12-14,36H,4,6,9-11,15H2,1,3H3,(H2,31,33,34);9-10H,2-8H2,1H3. The van der Waals surface area contributed by atoms with Crippen molar-refractivity contribution in [1.82, 2.24) is 25.2 Å². The third kappa shape index (κ3) is 7.62. The van der Waals surface area contributed by atoms with Crippen LogP contribution in [0, 0.1) is 24.0 Å². The van der Waals surface area contributed by atoms with Gasteiger partial charge in [-0.1, -0.05) is 38.2 Å². The molecule has 2 aromatic heterocycles. The van der Waals surface area contributed by atoms with Gasteiger partial charge in [0.05, 0.1) is 16.5 Å². The average molecular weight is 661 g/mol. The van der Waals surface area contributed by atoms with Crippen LogP contribution in [0.3, 0.4) is 0 Å². The Kier molecular flexibility index (Phi) is 11.6. The van der Waals surface area contributed by atoms with Crippen LogP contribution in [0.15, 0.2) is 30.5 Å². The van der Waals surface area contributed by atoms with Crippen molar-refractivity contribution in [3.8, 4) is 35.4 Å². The molecule has 9 nitrogen and oxygen atoms in total. The van der Waals surface area contributed by atoms with Crippen LogP contribution in [0.25, 0.3) is 32.9 Å². The summed E-state index contributed by atoms with van der Waals surface area (Å²) in [6.45, 7) is 5.56. The summed E-state index contributed by atoms with van der Waals surface area (Å²) >= 11 is 0. The van der Waals surface area contributed by atoms with Crippen molar-refractivity contribution in [1.29, 1.82) is 0 Å². The molecular weight excluding hydrogens is 614 g/mol. The third-order valence-electron chi connectivity index (χ3n) is 9.61. The first-order chi connectivity index (χ1) is 23.2. The molecule has 2 atom stereocenters. The summed E-state index contributed by atoms with van der Waals surface area (Å²) in [5.74, 6) is 0.762. The zero-order chi connectivity index (χ0) is 34.3. The fourth-order valence-electron chi connectivity index (χ4n) is 6.98. The monoisotopic (exact) mass is 660 g/mol. The van der Waals surface area contributed by atoms with Crippen molar-refractivity contribution in [3.63, 3.8) is 0 Å². The number of hydrogen-bond donors (Lipinski definition) is 3. The van der Waals surface area contributed by atoms with Crippen LogP contribution in [-0.4, -0.2) is 77.0 Å². The molecule has 4 N–H and O–H groups in total. The molecule has 48 heavy (non-hydrogen) atoms. The number of terminal acetylenes is 1. The minimum Gasteiger partial charge on any atom is -0.508 e. The summed E-state index contributed by atoms with van der Waals surface area (Å²) in [6.07, 6.45) is 17.6. The van der Waals surface area contributed by atoms with E-state index in [1.807, 2.05) is 0 Å². The fourth-order valence-corrected chi connectivity index (χ4v) is 6.98. The summed E-state index contributed by atoms with van der Waals surface area (Å²) in [7, 11) is 3.85. The Balaban J connectivity index is 0.000000349. The number of fused-ring (bicyclic) bond motifs is 2. The highest BCUT2D eigenvalue weighted by atomic mass is 19.1. The molecule has 2 aliphatic rings. The van der Waals surface area contributed by atoms with Gasteiger partial charge in [-0.25, -0.2) is 8.78 Å². The number of phenolic OH excluding ortho intramolecular Hbond substituents is 1. The van der Waals surface area contributed by atoms with Gasteiger partial charge in [0.1, 0.15) is 35.2 Å². The van der Waals surface area contributed by atoms with Gasteiger partial charge in [-0.05, 0) is 82.2 Å². The van der Waals surface area contributed by atoms with Crippen LogP contribution >= 0.6 is 0 Å². The summed E-state index contributed by atoms with van der Waals surface area (Å²) in [5.41, 5.74) is 5.83. The fraction of sp³-hybridized carbons (Fsp3) is 0.486. The van der Waals surface area contributed by atoms with Crippen LogP contribution < -0.4 is 15.8 Å². The molecule has 6 rings (SSSR count). The van der Waals surface area contributed by atoms with E-state index in [-0.39, 0.29) is 56.2 Å². The van der Waals surface area contributed by atoms with E-state index in [1.54, 1.807) is 7.11 Å². The van der Waals surface area contributed by atoms with Gasteiger partial charge in [0, 0.05) is 36.9 Å². The number of pyridine rings is 1. The molecule has 0 amide bonds. The molecule has 11 heteroatoms. The highest BCUT2D eigenvalue weighted by molar-refractivity contribution is 6.02. The van der Waals surface area contributed by atoms with E-state index >= 15 is 4.39 Å². The zero-order valence-corrected chi connectivity index (χ0v) is 28.1. The molecule has 0 saturated carbocycles. The largest absolute Gasteiger partial charge is 0.508 e. The van der Waals surface area contributed by atoms with Gasteiger partial charge < -0.3 is 25.6 Å². The van der Waals surface area contributed by atoms with Crippen molar-refractivity contribution in [2.45, 2.75) is 76.3 Å². The molecule has 256 valence electrons. The summed E-state index contributed by atoms with van der Waals surface area (Å²) in [4.78, 5) is 15.1. The van der Waals surface area contributed by atoms with Crippen LogP contribution in [-0.2, 0) is 4.74 Å². The van der Waals surface area contributed by atoms with Crippen molar-refractivity contribution in [2.24, 2.45) is 0 Å². The van der Waals surface area contributed by atoms with Gasteiger partial charge in [0.2, 0.25) is 0 Å². The Bertz CT molecular complexity index is 1770. The first-order valence-corrected chi connectivity index (χ1v) is 16.8. The number of likely N-dealkylation sites (N-methyl/N-ethyl adjacent to an activating group) is 1. The molecule has 0 aliphatic carbocycles. The second-order valence-electron chi connectivity index (χ2n) is 12.8. The highest BCUT2D eigenvalue weighted by Gasteiger charge is 2.39. The molecule has 2 aromatic carbocycles. The molecule has 4 heterocycles. The molecule has 0 radical (unpaired) electrons. The Morgan fingerprint density at radius 3 is 2.75 bits per heavy atom. The van der Waals surface area contributed by atoms with Gasteiger partial charge in [0.25, 0.3) is 0 Å². The highest BCUT2D eigenvalue weighted by Crippen LogP contribution is 2.38. The van der Waals surface area contributed by atoms with E-state index in [1.165, 1.54) is 69.1 Å². The zero-order valence-electron chi connectivity index (χ0n) is 28.1. The lowest BCUT2D eigenvalue weighted by molar-refractivity contribution is 0.0829. The second kappa shape index (κ2) is 15.9. The number of anilines is 1. The number of nitrogens with zero attached hydrogens (tertiary/aromatic N) is 4.